The highest BCUT2D eigenvalue weighted by Gasteiger charge is 2.29. The molecule has 1 aliphatic rings. The molecule has 2 aromatic rings. The first kappa shape index (κ1) is 14.0. The fraction of sp³-hybridized carbons (Fsp3) is 0.538. The molecule has 108 valence electrons. The van der Waals surface area contributed by atoms with Crippen molar-refractivity contribution in [1.82, 2.24) is 14.8 Å². The lowest BCUT2D eigenvalue weighted by Gasteiger charge is -2.09. The second-order valence-electron chi connectivity index (χ2n) is 4.85. The summed E-state index contributed by atoms with van der Waals surface area (Å²) >= 11 is 4.87. The maximum absolute atomic E-state index is 10.6. The third kappa shape index (κ3) is 2.75. The molecular formula is C13H16BrN3O2S. The van der Waals surface area contributed by atoms with E-state index >= 15 is 0 Å². The Morgan fingerprint density at radius 2 is 2.35 bits per heavy atom. The highest BCUT2D eigenvalue weighted by molar-refractivity contribution is 9.10. The van der Waals surface area contributed by atoms with Gasteiger partial charge in [0.15, 0.2) is 0 Å². The van der Waals surface area contributed by atoms with Gasteiger partial charge in [-0.25, -0.2) is 4.98 Å². The van der Waals surface area contributed by atoms with Crippen LogP contribution in [0.25, 0.3) is 0 Å². The summed E-state index contributed by atoms with van der Waals surface area (Å²) < 4.78 is 8.28. The average molecular weight is 358 g/mol. The first-order chi connectivity index (χ1) is 9.58. The first-order valence-corrected chi connectivity index (χ1v) is 8.24. The summed E-state index contributed by atoms with van der Waals surface area (Å²) in [7, 11) is 0. The molecule has 0 radical (unpaired) electrons. The Morgan fingerprint density at radius 1 is 1.60 bits per heavy atom. The van der Waals surface area contributed by atoms with Crippen LogP contribution in [0.15, 0.2) is 10.8 Å². The smallest absolute Gasteiger partial charge is 0.239 e. The molecule has 2 heterocycles. The van der Waals surface area contributed by atoms with Gasteiger partial charge in [-0.2, -0.15) is 0 Å². The zero-order valence-corrected chi connectivity index (χ0v) is 13.7. The van der Waals surface area contributed by atoms with Crippen LogP contribution in [0.3, 0.4) is 0 Å². The summed E-state index contributed by atoms with van der Waals surface area (Å²) in [6, 6.07) is 0. The van der Waals surface area contributed by atoms with E-state index in [4.69, 9.17) is 4.74 Å². The fourth-order valence-corrected chi connectivity index (χ4v) is 3.60. The van der Waals surface area contributed by atoms with Gasteiger partial charge in [-0.1, -0.05) is 0 Å². The highest BCUT2D eigenvalue weighted by Crippen LogP contribution is 2.38. The Morgan fingerprint density at radius 3 is 2.90 bits per heavy atom. The number of nitrogens with zero attached hydrogens (tertiary/aromatic N) is 3. The Kier molecular flexibility index (Phi) is 3.83. The molecule has 0 saturated heterocycles. The van der Waals surface area contributed by atoms with Crippen molar-refractivity contribution in [2.24, 2.45) is 0 Å². The van der Waals surface area contributed by atoms with Crippen molar-refractivity contribution in [2.45, 2.75) is 45.4 Å². The average Bonchev–Trinajstić information content (AvgIpc) is 3.02. The lowest BCUT2D eigenvalue weighted by atomic mass is 10.2. The van der Waals surface area contributed by atoms with E-state index in [2.05, 4.69) is 26.0 Å². The van der Waals surface area contributed by atoms with Gasteiger partial charge in [-0.15, -0.1) is 16.4 Å². The summed E-state index contributed by atoms with van der Waals surface area (Å²) in [6.45, 7) is 4.68. The molecule has 1 fully saturated rings. The number of rotatable bonds is 5. The molecule has 1 unspecified atom stereocenters. The van der Waals surface area contributed by atoms with Crippen LogP contribution in [-0.2, 0) is 6.54 Å². The predicted molar refractivity (Wildman–Crippen MR) is 80.2 cm³/mol. The summed E-state index contributed by atoms with van der Waals surface area (Å²) in [4.78, 5) is 5.09. The second kappa shape index (κ2) is 5.46. The molecule has 0 spiro atoms. The molecule has 1 saturated carbocycles. The van der Waals surface area contributed by atoms with Crippen LogP contribution in [0.5, 0.6) is 5.88 Å². The van der Waals surface area contributed by atoms with Crippen LogP contribution in [0, 0.1) is 6.92 Å². The van der Waals surface area contributed by atoms with Crippen LogP contribution in [0.4, 0.5) is 0 Å². The topological polar surface area (TPSA) is 60.2 Å². The molecule has 1 aliphatic carbocycles. The van der Waals surface area contributed by atoms with Crippen molar-refractivity contribution < 1.29 is 9.84 Å². The van der Waals surface area contributed by atoms with Gasteiger partial charge >= 0.3 is 0 Å². The minimum absolute atomic E-state index is 0.257. The Labute approximate surface area is 129 Å². The quantitative estimate of drug-likeness (QED) is 0.893. The maximum atomic E-state index is 10.6. The fourth-order valence-electron chi connectivity index (χ4n) is 1.93. The summed E-state index contributed by atoms with van der Waals surface area (Å²) in [5, 5.41) is 15.9. The van der Waals surface area contributed by atoms with Gasteiger partial charge in [0.05, 0.1) is 15.4 Å². The van der Waals surface area contributed by atoms with E-state index in [0.717, 1.165) is 29.3 Å². The molecule has 20 heavy (non-hydrogen) atoms. The van der Waals surface area contributed by atoms with Crippen molar-refractivity contribution in [1.29, 1.82) is 0 Å². The summed E-state index contributed by atoms with van der Waals surface area (Å²) in [6.07, 6.45) is 3.48. The van der Waals surface area contributed by atoms with Gasteiger partial charge in [0.2, 0.25) is 5.88 Å². The number of aromatic nitrogens is 3. The number of hydrogen-bond acceptors (Lipinski definition) is 5. The van der Waals surface area contributed by atoms with Crippen molar-refractivity contribution in [3.05, 3.63) is 26.2 Å². The molecule has 1 atom stereocenters. The van der Waals surface area contributed by atoms with E-state index in [-0.39, 0.29) is 6.10 Å². The molecule has 1 N–H and O–H groups in total. The monoisotopic (exact) mass is 357 g/mol. The van der Waals surface area contributed by atoms with Gasteiger partial charge in [0.1, 0.15) is 16.8 Å². The SMILES string of the molecule is CCn1cc(C(O)c2sc(C)nc2Br)c(OC2CC2)n1. The van der Waals surface area contributed by atoms with Crippen molar-refractivity contribution in [3.63, 3.8) is 0 Å². The zero-order valence-electron chi connectivity index (χ0n) is 11.3. The van der Waals surface area contributed by atoms with Crippen molar-refractivity contribution in [2.75, 3.05) is 0 Å². The number of hydrogen-bond donors (Lipinski definition) is 1. The molecule has 3 rings (SSSR count). The summed E-state index contributed by atoms with van der Waals surface area (Å²) in [5.74, 6) is 0.541. The van der Waals surface area contributed by atoms with Crippen LogP contribution in [-0.4, -0.2) is 26.0 Å². The Hall–Kier alpha value is -0.920. The number of ether oxygens (including phenoxy) is 1. The lowest BCUT2D eigenvalue weighted by molar-refractivity contribution is 0.210. The molecular weight excluding hydrogens is 342 g/mol. The number of aliphatic hydroxyl groups excluding tert-OH is 1. The van der Waals surface area contributed by atoms with E-state index in [1.165, 1.54) is 11.3 Å². The Balaban J connectivity index is 1.94. The van der Waals surface area contributed by atoms with E-state index in [9.17, 15) is 5.11 Å². The van der Waals surface area contributed by atoms with E-state index in [1.807, 2.05) is 20.0 Å². The number of aliphatic hydroxyl groups is 1. The van der Waals surface area contributed by atoms with Crippen molar-refractivity contribution >= 4 is 27.3 Å². The minimum atomic E-state index is -0.760. The number of thiazole rings is 1. The van der Waals surface area contributed by atoms with E-state index < -0.39 is 6.10 Å². The molecule has 0 aromatic carbocycles. The van der Waals surface area contributed by atoms with Gasteiger partial charge < -0.3 is 9.84 Å². The van der Waals surface area contributed by atoms with Gasteiger partial charge in [-0.05, 0) is 42.6 Å². The van der Waals surface area contributed by atoms with Crippen LogP contribution >= 0.6 is 27.3 Å². The third-order valence-electron chi connectivity index (χ3n) is 3.14. The second-order valence-corrected chi connectivity index (χ2v) is 6.84. The van der Waals surface area contributed by atoms with E-state index in [0.29, 0.717) is 16.0 Å². The highest BCUT2D eigenvalue weighted by atomic mass is 79.9. The van der Waals surface area contributed by atoms with Crippen LogP contribution in [0.1, 0.15) is 41.3 Å². The minimum Gasteiger partial charge on any atom is -0.473 e. The molecule has 5 nitrogen and oxygen atoms in total. The Bertz CT molecular complexity index is 621. The van der Waals surface area contributed by atoms with Gasteiger partial charge in [0, 0.05) is 12.7 Å². The lowest BCUT2D eigenvalue weighted by Crippen LogP contribution is -2.03. The molecule has 0 bridgehead atoms. The van der Waals surface area contributed by atoms with Crippen molar-refractivity contribution in [3.8, 4) is 5.88 Å². The normalized spacial score (nSPS) is 16.4. The van der Waals surface area contributed by atoms with E-state index in [1.54, 1.807) is 4.68 Å². The molecule has 0 aliphatic heterocycles. The number of aryl methyl sites for hydroxylation is 2. The third-order valence-corrected chi connectivity index (χ3v) is 5.03. The maximum Gasteiger partial charge on any atom is 0.239 e. The molecule has 0 amide bonds. The van der Waals surface area contributed by atoms with Gasteiger partial charge in [0.25, 0.3) is 0 Å². The molecule has 2 aromatic heterocycles. The predicted octanol–water partition coefficient (Wildman–Crippen LogP) is 3.05. The standard InChI is InChI=1S/C13H16BrN3O2S/c1-3-17-6-9(13(16-17)19-8-4-5-8)10(18)11-12(14)15-7(2)20-11/h6,8,10,18H,3-5H2,1-2H3. The van der Waals surface area contributed by atoms with Crippen LogP contribution < -0.4 is 4.74 Å². The molecule has 7 heteroatoms. The zero-order chi connectivity index (χ0) is 14.3. The number of halogens is 1. The van der Waals surface area contributed by atoms with Gasteiger partial charge in [-0.3, -0.25) is 4.68 Å². The first-order valence-electron chi connectivity index (χ1n) is 6.63. The summed E-state index contributed by atoms with van der Waals surface area (Å²) in [5.41, 5.74) is 0.711. The van der Waals surface area contributed by atoms with Crippen LogP contribution in [0.2, 0.25) is 0 Å². The largest absolute Gasteiger partial charge is 0.473 e.